The first-order chi connectivity index (χ1) is 13.7. The lowest BCUT2D eigenvalue weighted by atomic mass is 9.48. The molecule has 0 saturated heterocycles. The number of nitrogens with one attached hydrogen (secondary N) is 1. The highest BCUT2D eigenvalue weighted by molar-refractivity contribution is 7.21. The van der Waals surface area contributed by atoms with E-state index in [2.05, 4.69) is 5.32 Å². The number of fused-ring (bicyclic) bond motifs is 3. The number of alkyl halides is 3. The Bertz CT molecular complexity index is 1050. The summed E-state index contributed by atoms with van der Waals surface area (Å²) in [6, 6.07) is 1.22. The zero-order chi connectivity index (χ0) is 20.1. The highest BCUT2D eigenvalue weighted by Crippen LogP contribution is 2.61. The van der Waals surface area contributed by atoms with Gasteiger partial charge < -0.3 is 5.32 Å². The molecule has 152 valence electrons. The van der Waals surface area contributed by atoms with E-state index in [0.717, 1.165) is 30.6 Å². The van der Waals surface area contributed by atoms with Gasteiger partial charge in [-0.2, -0.15) is 13.2 Å². The van der Waals surface area contributed by atoms with E-state index in [4.69, 9.17) is 4.98 Å². The molecule has 0 radical (unpaired) electrons. The lowest BCUT2D eigenvalue weighted by Gasteiger charge is -2.56. The van der Waals surface area contributed by atoms with Gasteiger partial charge in [0.2, 0.25) is 5.91 Å². The minimum atomic E-state index is -4.59. The topological polar surface area (TPSA) is 59.1 Å². The second-order valence-electron chi connectivity index (χ2n) is 9.39. The zero-order valence-electron chi connectivity index (χ0n) is 15.6. The maximum Gasteiger partial charge on any atom is 0.417 e. The van der Waals surface area contributed by atoms with E-state index in [1.165, 1.54) is 25.3 Å². The van der Waals surface area contributed by atoms with Crippen LogP contribution in [0.1, 0.15) is 65.9 Å². The number of amides is 1. The summed E-state index contributed by atoms with van der Waals surface area (Å²) in [5.41, 5.74) is -0.529. The van der Waals surface area contributed by atoms with Crippen molar-refractivity contribution in [1.82, 2.24) is 4.98 Å². The Morgan fingerprint density at radius 1 is 1.07 bits per heavy atom. The van der Waals surface area contributed by atoms with Crippen molar-refractivity contribution < 1.29 is 22.8 Å². The molecule has 1 N–H and O–H groups in total. The van der Waals surface area contributed by atoms with Crippen LogP contribution in [0.25, 0.3) is 10.2 Å². The number of halogens is 3. The lowest BCUT2D eigenvalue weighted by molar-refractivity contribution is -0.136. The number of anilines is 1. The van der Waals surface area contributed by atoms with Gasteiger partial charge in [0.05, 0.1) is 22.5 Å². The quantitative estimate of drug-likeness (QED) is 0.637. The number of pyridine rings is 1. The molecule has 7 rings (SSSR count). The predicted molar refractivity (Wildman–Crippen MR) is 102 cm³/mol. The van der Waals surface area contributed by atoms with E-state index in [0.29, 0.717) is 23.4 Å². The molecule has 3 heterocycles. The van der Waals surface area contributed by atoms with E-state index in [1.807, 2.05) is 0 Å². The zero-order valence-corrected chi connectivity index (χ0v) is 16.4. The number of ketones is 1. The molecule has 8 heteroatoms. The van der Waals surface area contributed by atoms with Crippen molar-refractivity contribution in [3.8, 4) is 0 Å². The van der Waals surface area contributed by atoms with Crippen LogP contribution in [-0.4, -0.2) is 16.7 Å². The number of hydrogen-bond donors (Lipinski definition) is 1. The summed E-state index contributed by atoms with van der Waals surface area (Å²) in [5, 5.41) is 2.36. The normalized spacial score (nSPS) is 33.3. The van der Waals surface area contributed by atoms with Gasteiger partial charge in [-0.3, -0.25) is 9.59 Å². The summed E-state index contributed by atoms with van der Waals surface area (Å²) < 4.78 is 42.3. The first kappa shape index (κ1) is 17.9. The third kappa shape index (κ3) is 2.54. The Morgan fingerprint density at radius 3 is 2.28 bits per heavy atom. The molecule has 4 saturated carbocycles. The molecule has 4 fully saturated rings. The Balaban J connectivity index is 1.59. The summed E-state index contributed by atoms with van der Waals surface area (Å²) in [6.45, 7) is 0. The van der Waals surface area contributed by atoms with Crippen molar-refractivity contribution in [1.29, 1.82) is 0 Å². The summed E-state index contributed by atoms with van der Waals surface area (Å²) >= 11 is 0.983. The number of Topliss-reactive ketones (excluding diaryl/α,β-unsaturated/α-hetero) is 1. The van der Waals surface area contributed by atoms with Gasteiger partial charge in [-0.15, -0.1) is 11.3 Å². The third-order valence-electron chi connectivity index (χ3n) is 7.39. The molecule has 5 aliphatic rings. The summed E-state index contributed by atoms with van der Waals surface area (Å²) in [4.78, 5) is 29.2. The smallest absolute Gasteiger partial charge is 0.324 e. The van der Waals surface area contributed by atoms with Crippen LogP contribution in [0.3, 0.4) is 0 Å². The van der Waals surface area contributed by atoms with Gasteiger partial charge in [0.25, 0.3) is 0 Å². The van der Waals surface area contributed by atoms with Gasteiger partial charge in [0, 0.05) is 16.5 Å². The van der Waals surface area contributed by atoms with Crippen molar-refractivity contribution in [3.05, 3.63) is 22.2 Å². The first-order valence-corrected chi connectivity index (χ1v) is 10.9. The van der Waals surface area contributed by atoms with Gasteiger partial charge in [-0.05, 0) is 62.3 Å². The number of thiophene rings is 1. The van der Waals surface area contributed by atoms with Gasteiger partial charge in [-0.25, -0.2) is 4.98 Å². The Labute approximate surface area is 168 Å². The van der Waals surface area contributed by atoms with E-state index in [-0.39, 0.29) is 32.6 Å². The van der Waals surface area contributed by atoms with Crippen LogP contribution >= 0.6 is 11.3 Å². The largest absolute Gasteiger partial charge is 0.417 e. The number of aromatic nitrogens is 1. The number of hydrogen-bond acceptors (Lipinski definition) is 4. The molecule has 0 spiro atoms. The van der Waals surface area contributed by atoms with Crippen molar-refractivity contribution >= 4 is 38.9 Å². The summed E-state index contributed by atoms with van der Waals surface area (Å²) in [5.74, 6) is 0.762. The standard InChI is InChI=1S/C21H19F3N2O2S/c22-21(23,24)12-4-14(20-6-9-1-10(7-20)3-11(2-9)8-20)25-19-16(12)17-18(29-19)13(27)5-15(28)26-17/h4,9-11H,1-3,5-8H2,(H,26,28). The molecular formula is C21H19F3N2O2S. The molecule has 1 aliphatic heterocycles. The van der Waals surface area contributed by atoms with Crippen LogP contribution in [0.5, 0.6) is 0 Å². The molecule has 29 heavy (non-hydrogen) atoms. The average Bonchev–Trinajstić information content (AvgIpc) is 2.98. The van der Waals surface area contributed by atoms with Gasteiger partial charge in [-0.1, -0.05) is 0 Å². The van der Waals surface area contributed by atoms with E-state index in [1.54, 1.807) is 0 Å². The molecule has 4 nitrogen and oxygen atoms in total. The second-order valence-corrected chi connectivity index (χ2v) is 10.4. The molecule has 4 aliphatic carbocycles. The number of rotatable bonds is 1. The third-order valence-corrected chi connectivity index (χ3v) is 8.51. The van der Waals surface area contributed by atoms with E-state index in [9.17, 15) is 22.8 Å². The highest BCUT2D eigenvalue weighted by Gasteiger charge is 2.53. The van der Waals surface area contributed by atoms with Crippen molar-refractivity contribution in [3.63, 3.8) is 0 Å². The maximum atomic E-state index is 14.1. The van der Waals surface area contributed by atoms with Crippen LogP contribution in [0.4, 0.5) is 18.9 Å². The molecule has 0 unspecified atom stereocenters. The highest BCUT2D eigenvalue weighted by atomic mass is 32.1. The monoisotopic (exact) mass is 420 g/mol. The number of carbonyl (C=O) groups excluding carboxylic acids is 2. The predicted octanol–water partition coefficient (Wildman–Crippen LogP) is 5.31. The maximum absolute atomic E-state index is 14.1. The molecule has 4 bridgehead atoms. The number of carbonyl (C=O) groups is 2. The minimum Gasteiger partial charge on any atom is -0.324 e. The Hall–Kier alpha value is -1.96. The molecule has 0 atom stereocenters. The summed E-state index contributed by atoms with van der Waals surface area (Å²) in [6.07, 6.45) is 1.41. The van der Waals surface area contributed by atoms with Crippen LogP contribution in [0.2, 0.25) is 0 Å². The van der Waals surface area contributed by atoms with E-state index >= 15 is 0 Å². The van der Waals surface area contributed by atoms with Crippen LogP contribution in [0, 0.1) is 17.8 Å². The fraction of sp³-hybridized carbons (Fsp3) is 0.571. The fourth-order valence-corrected chi connectivity index (χ4v) is 7.84. The average molecular weight is 420 g/mol. The molecule has 2 aromatic heterocycles. The molecular weight excluding hydrogens is 401 g/mol. The minimum absolute atomic E-state index is 0.0110. The molecule has 0 aromatic carbocycles. The molecule has 2 aromatic rings. The van der Waals surface area contributed by atoms with Crippen molar-refractivity contribution in [2.75, 3.05) is 5.32 Å². The summed E-state index contributed by atoms with van der Waals surface area (Å²) in [7, 11) is 0. The second kappa shape index (κ2) is 5.59. The molecule has 1 amide bonds. The fourth-order valence-electron chi connectivity index (χ4n) is 6.74. The lowest BCUT2D eigenvalue weighted by Crippen LogP contribution is -2.49. The van der Waals surface area contributed by atoms with Crippen LogP contribution in [-0.2, 0) is 16.4 Å². The van der Waals surface area contributed by atoms with Crippen molar-refractivity contribution in [2.45, 2.75) is 56.5 Å². The van der Waals surface area contributed by atoms with Gasteiger partial charge in [0.1, 0.15) is 4.83 Å². The van der Waals surface area contributed by atoms with Crippen LogP contribution in [0.15, 0.2) is 6.07 Å². The van der Waals surface area contributed by atoms with E-state index < -0.39 is 23.4 Å². The first-order valence-electron chi connectivity index (χ1n) is 10.1. The van der Waals surface area contributed by atoms with Crippen LogP contribution < -0.4 is 5.32 Å². The SMILES string of the molecule is O=C1CC(=O)c2sc3nc(C45CC6CC(CC(C6)C4)C5)cc(C(F)(F)F)c3c2N1. The Morgan fingerprint density at radius 2 is 1.69 bits per heavy atom. The van der Waals surface area contributed by atoms with Crippen molar-refractivity contribution in [2.24, 2.45) is 17.8 Å². The van der Waals surface area contributed by atoms with Gasteiger partial charge >= 0.3 is 6.18 Å². The number of nitrogens with zero attached hydrogens (tertiary/aromatic N) is 1. The Kier molecular flexibility index (Phi) is 3.44. The van der Waals surface area contributed by atoms with Gasteiger partial charge in [0.15, 0.2) is 5.78 Å².